The van der Waals surface area contributed by atoms with Crippen molar-refractivity contribution < 1.29 is 5.11 Å². The van der Waals surface area contributed by atoms with Crippen molar-refractivity contribution in [3.63, 3.8) is 0 Å². The normalized spacial score (nSPS) is 12.6. The zero-order valence-corrected chi connectivity index (χ0v) is 11.1. The zero-order chi connectivity index (χ0) is 12.3. The van der Waals surface area contributed by atoms with Gasteiger partial charge in [-0.1, -0.05) is 36.7 Å². The van der Waals surface area contributed by atoms with Gasteiger partial charge in [-0.3, -0.25) is 0 Å². The molecule has 1 atom stereocenters. The summed E-state index contributed by atoms with van der Waals surface area (Å²) in [5.41, 5.74) is 2.05. The molecule has 0 radical (unpaired) electrons. The molecule has 0 amide bonds. The Balaban J connectivity index is 2.14. The van der Waals surface area contributed by atoms with Crippen molar-refractivity contribution in [1.82, 2.24) is 4.98 Å². The second-order valence-corrected chi connectivity index (χ2v) is 5.37. The van der Waals surface area contributed by atoms with E-state index in [9.17, 15) is 0 Å². The summed E-state index contributed by atoms with van der Waals surface area (Å²) in [5, 5.41) is 12.9. The molecule has 0 saturated heterocycles. The van der Waals surface area contributed by atoms with E-state index in [1.54, 1.807) is 11.3 Å². The summed E-state index contributed by atoms with van der Waals surface area (Å²) in [4.78, 5) is 4.52. The van der Waals surface area contributed by atoms with Crippen molar-refractivity contribution in [2.45, 2.75) is 19.3 Å². The summed E-state index contributed by atoms with van der Waals surface area (Å²) >= 11 is 7.72. The number of aliphatic hydroxyl groups excluding tert-OH is 1. The van der Waals surface area contributed by atoms with Crippen LogP contribution in [-0.4, -0.2) is 16.7 Å². The first-order valence-corrected chi connectivity index (χ1v) is 6.75. The van der Waals surface area contributed by atoms with Gasteiger partial charge in [-0.2, -0.15) is 0 Å². The lowest BCUT2D eigenvalue weighted by Gasteiger charge is -2.03. The van der Waals surface area contributed by atoms with Crippen LogP contribution in [0.5, 0.6) is 0 Å². The number of hydrogen-bond acceptors (Lipinski definition) is 3. The highest BCUT2D eigenvalue weighted by Gasteiger charge is 2.10. The molecule has 0 aliphatic rings. The maximum atomic E-state index is 9.07. The number of hydrogen-bond donors (Lipinski definition) is 1. The number of aromatic nitrogens is 1. The van der Waals surface area contributed by atoms with Gasteiger partial charge in [-0.25, -0.2) is 4.98 Å². The van der Waals surface area contributed by atoms with Crippen LogP contribution in [0.15, 0.2) is 29.6 Å². The van der Waals surface area contributed by atoms with Crippen LogP contribution in [0.25, 0.3) is 0 Å². The number of nitrogens with zero attached hydrogens (tertiary/aromatic N) is 1. The lowest BCUT2D eigenvalue weighted by atomic mass is 10.1. The summed E-state index contributed by atoms with van der Waals surface area (Å²) in [6, 6.07) is 7.81. The Kier molecular flexibility index (Phi) is 4.15. The lowest BCUT2D eigenvalue weighted by Crippen LogP contribution is -1.99. The first-order chi connectivity index (χ1) is 8.20. The second-order valence-electron chi connectivity index (χ2n) is 4.02. The van der Waals surface area contributed by atoms with Gasteiger partial charge in [0.1, 0.15) is 0 Å². The van der Waals surface area contributed by atoms with Crippen molar-refractivity contribution >= 4 is 22.9 Å². The number of thiazole rings is 1. The number of aliphatic hydroxyl groups is 1. The molecule has 1 heterocycles. The fourth-order valence-corrected chi connectivity index (χ4v) is 2.67. The van der Waals surface area contributed by atoms with E-state index in [0.717, 1.165) is 27.7 Å². The van der Waals surface area contributed by atoms with Crippen LogP contribution < -0.4 is 0 Å². The Labute approximate surface area is 110 Å². The third-order valence-corrected chi connectivity index (χ3v) is 3.88. The van der Waals surface area contributed by atoms with Gasteiger partial charge in [0.25, 0.3) is 0 Å². The van der Waals surface area contributed by atoms with Crippen LogP contribution in [0.4, 0.5) is 0 Å². The molecule has 0 spiro atoms. The van der Waals surface area contributed by atoms with Crippen LogP contribution in [0.1, 0.15) is 29.1 Å². The predicted molar refractivity (Wildman–Crippen MR) is 71.9 cm³/mol. The fourth-order valence-electron chi connectivity index (χ4n) is 1.53. The molecule has 2 aromatic rings. The molecule has 0 saturated carbocycles. The third-order valence-electron chi connectivity index (χ3n) is 2.65. The minimum absolute atomic E-state index is 0.103. The Morgan fingerprint density at radius 2 is 2.18 bits per heavy atom. The van der Waals surface area contributed by atoms with E-state index in [0.29, 0.717) is 0 Å². The van der Waals surface area contributed by atoms with Gasteiger partial charge in [0.15, 0.2) is 0 Å². The van der Waals surface area contributed by atoms with Crippen molar-refractivity contribution in [3.05, 3.63) is 50.9 Å². The van der Waals surface area contributed by atoms with E-state index in [2.05, 4.69) is 4.98 Å². The minimum atomic E-state index is 0.103. The van der Waals surface area contributed by atoms with Crippen LogP contribution >= 0.6 is 22.9 Å². The van der Waals surface area contributed by atoms with Gasteiger partial charge >= 0.3 is 0 Å². The molecule has 0 aliphatic heterocycles. The van der Waals surface area contributed by atoms with E-state index in [1.165, 1.54) is 0 Å². The smallest absolute Gasteiger partial charge is 0.0972 e. The van der Waals surface area contributed by atoms with Gasteiger partial charge in [-0.05, 0) is 11.6 Å². The second kappa shape index (κ2) is 5.63. The van der Waals surface area contributed by atoms with Crippen molar-refractivity contribution in [2.24, 2.45) is 0 Å². The largest absolute Gasteiger partial charge is 0.396 e. The number of rotatable bonds is 4. The Bertz CT molecular complexity index is 498. The summed E-state index contributed by atoms with van der Waals surface area (Å²) in [7, 11) is 0. The van der Waals surface area contributed by atoms with Crippen LogP contribution in [0, 0.1) is 0 Å². The molecule has 1 unspecified atom stereocenters. The molecule has 1 N–H and O–H groups in total. The van der Waals surface area contributed by atoms with Crippen molar-refractivity contribution in [1.29, 1.82) is 0 Å². The monoisotopic (exact) mass is 267 g/mol. The fraction of sp³-hybridized carbons (Fsp3) is 0.308. The quantitative estimate of drug-likeness (QED) is 0.920. The minimum Gasteiger partial charge on any atom is -0.396 e. The molecular formula is C13H14ClNOS. The van der Waals surface area contributed by atoms with Crippen LogP contribution in [0.3, 0.4) is 0 Å². The van der Waals surface area contributed by atoms with E-state index in [4.69, 9.17) is 16.7 Å². The Hall–Kier alpha value is -0.900. The molecule has 0 bridgehead atoms. The maximum absolute atomic E-state index is 9.07. The number of benzene rings is 1. The molecule has 1 aromatic carbocycles. The summed E-state index contributed by atoms with van der Waals surface area (Å²) in [6.07, 6.45) is 0.752. The van der Waals surface area contributed by atoms with E-state index < -0.39 is 0 Å². The zero-order valence-electron chi connectivity index (χ0n) is 9.56. The van der Waals surface area contributed by atoms with Gasteiger partial charge in [0, 0.05) is 22.7 Å². The van der Waals surface area contributed by atoms with E-state index in [-0.39, 0.29) is 12.5 Å². The summed E-state index contributed by atoms with van der Waals surface area (Å²) in [6.45, 7) is 2.10. The van der Waals surface area contributed by atoms with Gasteiger partial charge < -0.3 is 5.11 Å². The third kappa shape index (κ3) is 3.06. The van der Waals surface area contributed by atoms with Crippen molar-refractivity contribution in [3.8, 4) is 0 Å². The SMILES string of the molecule is CC(CO)c1csc(Cc2ccccc2Cl)n1. The first-order valence-electron chi connectivity index (χ1n) is 5.49. The highest BCUT2D eigenvalue weighted by atomic mass is 35.5. The molecule has 0 fully saturated rings. The topological polar surface area (TPSA) is 33.1 Å². The Morgan fingerprint density at radius 3 is 2.88 bits per heavy atom. The predicted octanol–water partition coefficient (Wildman–Crippen LogP) is 3.48. The molecule has 0 aliphatic carbocycles. The molecule has 1 aromatic heterocycles. The highest BCUT2D eigenvalue weighted by Crippen LogP contribution is 2.23. The molecule has 4 heteroatoms. The lowest BCUT2D eigenvalue weighted by molar-refractivity contribution is 0.271. The molecule has 2 nitrogen and oxygen atoms in total. The first kappa shape index (κ1) is 12.6. The highest BCUT2D eigenvalue weighted by molar-refractivity contribution is 7.09. The average Bonchev–Trinajstić information content (AvgIpc) is 2.80. The molecule has 17 heavy (non-hydrogen) atoms. The Morgan fingerprint density at radius 1 is 1.41 bits per heavy atom. The van der Waals surface area contributed by atoms with Crippen molar-refractivity contribution in [2.75, 3.05) is 6.61 Å². The summed E-state index contributed by atoms with van der Waals surface area (Å²) < 4.78 is 0. The molecule has 2 rings (SSSR count). The number of halogens is 1. The standard InChI is InChI=1S/C13H14ClNOS/c1-9(7-16)12-8-17-13(15-12)6-10-4-2-3-5-11(10)14/h2-5,8-9,16H,6-7H2,1H3. The van der Waals surface area contributed by atoms with E-state index in [1.807, 2.05) is 36.6 Å². The molecular weight excluding hydrogens is 254 g/mol. The van der Waals surface area contributed by atoms with Crippen LogP contribution in [0.2, 0.25) is 5.02 Å². The van der Waals surface area contributed by atoms with Crippen LogP contribution in [-0.2, 0) is 6.42 Å². The van der Waals surface area contributed by atoms with Gasteiger partial charge in [0.05, 0.1) is 17.3 Å². The maximum Gasteiger partial charge on any atom is 0.0972 e. The summed E-state index contributed by atoms with van der Waals surface area (Å²) in [5.74, 6) is 0.103. The van der Waals surface area contributed by atoms with Gasteiger partial charge in [-0.15, -0.1) is 11.3 Å². The molecule has 90 valence electrons. The van der Waals surface area contributed by atoms with E-state index >= 15 is 0 Å². The average molecular weight is 268 g/mol. The van der Waals surface area contributed by atoms with Gasteiger partial charge in [0.2, 0.25) is 0 Å².